The summed E-state index contributed by atoms with van der Waals surface area (Å²) in [4.78, 5) is 12.2. The first-order valence-electron chi connectivity index (χ1n) is 7.34. The van der Waals surface area contributed by atoms with Crippen LogP contribution in [0.5, 0.6) is 0 Å². The predicted molar refractivity (Wildman–Crippen MR) is 79.1 cm³/mol. The highest BCUT2D eigenvalue weighted by Gasteiger charge is 2.32. The molecule has 1 aliphatic carbocycles. The minimum absolute atomic E-state index is 0.0290. The van der Waals surface area contributed by atoms with Crippen molar-refractivity contribution >= 4 is 5.91 Å². The molecule has 1 aliphatic rings. The lowest BCUT2D eigenvalue weighted by molar-refractivity contribution is -0.127. The van der Waals surface area contributed by atoms with Crippen molar-refractivity contribution in [3.8, 4) is 0 Å². The second-order valence-corrected chi connectivity index (χ2v) is 5.48. The highest BCUT2D eigenvalue weighted by molar-refractivity contribution is 5.79. The van der Waals surface area contributed by atoms with Gasteiger partial charge in [-0.1, -0.05) is 37.3 Å². The molecular weight excluding hydrogens is 252 g/mol. The van der Waals surface area contributed by atoms with Crippen molar-refractivity contribution in [3.63, 3.8) is 0 Å². The van der Waals surface area contributed by atoms with Crippen LogP contribution >= 0.6 is 0 Å². The van der Waals surface area contributed by atoms with Gasteiger partial charge in [0.05, 0.1) is 12.0 Å². The standard InChI is InChI=1S/C16H24N2O2/c1-3-20-14-9-13(10-14)18-16(19)11(2)15(17)12-7-5-4-6-8-12/h4-8,11,13-15H,3,9-10,17H2,1-2H3,(H,18,19). The first-order valence-corrected chi connectivity index (χ1v) is 7.34. The van der Waals surface area contributed by atoms with Crippen LogP contribution in [-0.4, -0.2) is 24.7 Å². The molecule has 1 aromatic rings. The second-order valence-electron chi connectivity index (χ2n) is 5.48. The number of rotatable bonds is 6. The summed E-state index contributed by atoms with van der Waals surface area (Å²) in [6, 6.07) is 9.73. The van der Waals surface area contributed by atoms with Crippen LogP contribution in [0, 0.1) is 5.92 Å². The third-order valence-corrected chi connectivity index (χ3v) is 3.98. The van der Waals surface area contributed by atoms with Gasteiger partial charge in [0.25, 0.3) is 0 Å². The summed E-state index contributed by atoms with van der Waals surface area (Å²) >= 11 is 0. The summed E-state index contributed by atoms with van der Waals surface area (Å²) in [6.45, 7) is 4.61. The third kappa shape index (κ3) is 3.58. The number of benzene rings is 1. The average Bonchev–Trinajstić information content (AvgIpc) is 2.44. The van der Waals surface area contributed by atoms with Crippen LogP contribution in [0.1, 0.15) is 38.3 Å². The van der Waals surface area contributed by atoms with Crippen molar-refractivity contribution in [2.24, 2.45) is 11.7 Å². The largest absolute Gasteiger partial charge is 0.378 e. The van der Waals surface area contributed by atoms with E-state index in [-0.39, 0.29) is 23.9 Å². The molecule has 2 atom stereocenters. The lowest BCUT2D eigenvalue weighted by Crippen LogP contribution is -2.50. The number of amides is 1. The van der Waals surface area contributed by atoms with E-state index >= 15 is 0 Å². The minimum Gasteiger partial charge on any atom is -0.378 e. The lowest BCUT2D eigenvalue weighted by atomic mass is 9.87. The molecule has 1 saturated carbocycles. The van der Waals surface area contributed by atoms with Crippen molar-refractivity contribution in [2.45, 2.75) is 44.9 Å². The Balaban J connectivity index is 1.81. The number of hydrogen-bond donors (Lipinski definition) is 2. The van der Waals surface area contributed by atoms with Gasteiger partial charge in [-0.2, -0.15) is 0 Å². The van der Waals surface area contributed by atoms with Crippen LogP contribution in [0.4, 0.5) is 0 Å². The van der Waals surface area contributed by atoms with Crippen molar-refractivity contribution < 1.29 is 9.53 Å². The number of carbonyl (C=O) groups excluding carboxylic acids is 1. The maximum Gasteiger partial charge on any atom is 0.224 e. The summed E-state index contributed by atoms with van der Waals surface area (Å²) in [6.07, 6.45) is 2.13. The molecule has 0 spiro atoms. The monoisotopic (exact) mass is 276 g/mol. The van der Waals surface area contributed by atoms with Gasteiger partial charge in [0.15, 0.2) is 0 Å². The van der Waals surface area contributed by atoms with E-state index in [1.807, 2.05) is 44.2 Å². The Kier molecular flexibility index (Phi) is 5.15. The van der Waals surface area contributed by atoms with Crippen molar-refractivity contribution in [3.05, 3.63) is 35.9 Å². The van der Waals surface area contributed by atoms with Crippen LogP contribution in [0.2, 0.25) is 0 Å². The molecular formula is C16H24N2O2. The maximum absolute atomic E-state index is 12.2. The maximum atomic E-state index is 12.2. The Morgan fingerprint density at radius 3 is 2.65 bits per heavy atom. The van der Waals surface area contributed by atoms with Crippen LogP contribution in [0.3, 0.4) is 0 Å². The molecule has 4 nitrogen and oxygen atoms in total. The molecule has 0 aliphatic heterocycles. The zero-order valence-electron chi connectivity index (χ0n) is 12.2. The Morgan fingerprint density at radius 1 is 1.40 bits per heavy atom. The van der Waals surface area contributed by atoms with Crippen LogP contribution < -0.4 is 11.1 Å². The van der Waals surface area contributed by atoms with E-state index in [0.29, 0.717) is 6.10 Å². The molecule has 0 saturated heterocycles. The van der Waals surface area contributed by atoms with Crippen LogP contribution in [0.25, 0.3) is 0 Å². The fourth-order valence-corrected chi connectivity index (χ4v) is 2.51. The van der Waals surface area contributed by atoms with Crippen molar-refractivity contribution in [2.75, 3.05) is 6.61 Å². The molecule has 2 rings (SSSR count). The topological polar surface area (TPSA) is 64.3 Å². The van der Waals surface area contributed by atoms with Gasteiger partial charge in [-0.3, -0.25) is 4.79 Å². The van der Waals surface area contributed by atoms with Crippen LogP contribution in [-0.2, 0) is 9.53 Å². The normalized spacial score (nSPS) is 24.6. The molecule has 4 heteroatoms. The highest BCUT2D eigenvalue weighted by Crippen LogP contribution is 2.25. The van der Waals surface area contributed by atoms with E-state index in [4.69, 9.17) is 10.5 Å². The molecule has 0 bridgehead atoms. The number of carbonyl (C=O) groups is 1. The van der Waals surface area contributed by atoms with E-state index in [1.165, 1.54) is 0 Å². The summed E-state index contributed by atoms with van der Waals surface area (Å²) < 4.78 is 5.49. The Labute approximate surface area is 120 Å². The molecule has 0 aromatic heterocycles. The van der Waals surface area contributed by atoms with E-state index in [9.17, 15) is 4.79 Å². The zero-order chi connectivity index (χ0) is 14.5. The van der Waals surface area contributed by atoms with Gasteiger partial charge >= 0.3 is 0 Å². The number of nitrogens with one attached hydrogen (secondary N) is 1. The summed E-state index contributed by atoms with van der Waals surface area (Å²) in [5.74, 6) is -0.204. The Hall–Kier alpha value is -1.39. The number of hydrogen-bond acceptors (Lipinski definition) is 3. The Morgan fingerprint density at radius 2 is 2.05 bits per heavy atom. The first-order chi connectivity index (χ1) is 9.61. The zero-order valence-corrected chi connectivity index (χ0v) is 12.2. The molecule has 1 amide bonds. The van der Waals surface area contributed by atoms with Gasteiger partial charge in [0.2, 0.25) is 5.91 Å². The van der Waals surface area contributed by atoms with Crippen molar-refractivity contribution in [1.82, 2.24) is 5.32 Å². The molecule has 20 heavy (non-hydrogen) atoms. The van der Waals surface area contributed by atoms with E-state index in [0.717, 1.165) is 25.0 Å². The highest BCUT2D eigenvalue weighted by atomic mass is 16.5. The first kappa shape index (κ1) is 15.0. The Bertz CT molecular complexity index is 429. The lowest BCUT2D eigenvalue weighted by Gasteiger charge is -2.36. The fraction of sp³-hybridized carbons (Fsp3) is 0.562. The quantitative estimate of drug-likeness (QED) is 0.835. The second kappa shape index (κ2) is 6.86. The van der Waals surface area contributed by atoms with Crippen molar-refractivity contribution in [1.29, 1.82) is 0 Å². The van der Waals surface area contributed by atoms with E-state index in [1.54, 1.807) is 0 Å². The number of nitrogens with two attached hydrogens (primary N) is 1. The summed E-state index contributed by atoms with van der Waals surface area (Å²) in [5.41, 5.74) is 7.16. The molecule has 1 aromatic carbocycles. The van der Waals surface area contributed by atoms with E-state index in [2.05, 4.69) is 5.32 Å². The van der Waals surface area contributed by atoms with E-state index < -0.39 is 0 Å². The van der Waals surface area contributed by atoms with Gasteiger partial charge in [0.1, 0.15) is 0 Å². The van der Waals surface area contributed by atoms with Crippen LogP contribution in [0.15, 0.2) is 30.3 Å². The molecule has 0 radical (unpaired) electrons. The van der Waals surface area contributed by atoms with Gasteiger partial charge in [0, 0.05) is 18.7 Å². The smallest absolute Gasteiger partial charge is 0.224 e. The SMILES string of the molecule is CCOC1CC(NC(=O)C(C)C(N)c2ccccc2)C1. The van der Waals surface area contributed by atoms with Gasteiger partial charge < -0.3 is 15.8 Å². The molecule has 2 unspecified atom stereocenters. The molecule has 0 heterocycles. The summed E-state index contributed by atoms with van der Waals surface area (Å²) in [5, 5.41) is 3.06. The minimum atomic E-state index is -0.265. The number of ether oxygens (including phenoxy) is 1. The third-order valence-electron chi connectivity index (χ3n) is 3.98. The fourth-order valence-electron chi connectivity index (χ4n) is 2.51. The predicted octanol–water partition coefficient (Wildman–Crippen LogP) is 2.01. The van der Waals surface area contributed by atoms with Gasteiger partial charge in [-0.15, -0.1) is 0 Å². The van der Waals surface area contributed by atoms with Gasteiger partial charge in [-0.25, -0.2) is 0 Å². The summed E-state index contributed by atoms with van der Waals surface area (Å²) in [7, 11) is 0. The molecule has 3 N–H and O–H groups in total. The van der Waals surface area contributed by atoms with Gasteiger partial charge in [-0.05, 0) is 25.3 Å². The molecule has 1 fully saturated rings. The molecule has 110 valence electrons. The average molecular weight is 276 g/mol.